The predicted octanol–water partition coefficient (Wildman–Crippen LogP) is 2.47. The maximum Gasteiger partial charge on any atom is 0.379 e. The third kappa shape index (κ3) is 6.88. The van der Waals surface area contributed by atoms with E-state index < -0.39 is 16.9 Å². The predicted molar refractivity (Wildman–Crippen MR) is 56.4 cm³/mol. The van der Waals surface area contributed by atoms with Gasteiger partial charge in [0.05, 0.1) is 0 Å². The number of rotatable bonds is 9. The van der Waals surface area contributed by atoms with Gasteiger partial charge >= 0.3 is 12.0 Å². The smallest absolute Gasteiger partial charge is 0.379 e. The lowest BCUT2D eigenvalue weighted by molar-refractivity contribution is -0.511. The SMILES string of the molecule is CCCCCCCCC(C(=O)O)[N+](=O)[O-]. The molecule has 0 fully saturated rings. The third-order valence-electron chi connectivity index (χ3n) is 2.37. The molecule has 0 amide bonds. The number of nitrogens with zero attached hydrogens (tertiary/aromatic N) is 1. The van der Waals surface area contributed by atoms with Crippen LogP contribution in [0.4, 0.5) is 0 Å². The number of unbranched alkanes of at least 4 members (excludes halogenated alkanes) is 5. The lowest BCUT2D eigenvalue weighted by Gasteiger charge is -2.04. The van der Waals surface area contributed by atoms with Crippen molar-refractivity contribution in [3.8, 4) is 0 Å². The van der Waals surface area contributed by atoms with Crippen LogP contribution in [0.25, 0.3) is 0 Å². The van der Waals surface area contributed by atoms with Crippen molar-refractivity contribution in [1.29, 1.82) is 0 Å². The topological polar surface area (TPSA) is 80.4 Å². The zero-order chi connectivity index (χ0) is 11.7. The Hall–Kier alpha value is -1.13. The van der Waals surface area contributed by atoms with Gasteiger partial charge in [-0.05, 0) is 6.42 Å². The summed E-state index contributed by atoms with van der Waals surface area (Å²) in [5.41, 5.74) is 0. The fourth-order valence-electron chi connectivity index (χ4n) is 1.44. The van der Waals surface area contributed by atoms with Crippen molar-refractivity contribution in [3.05, 3.63) is 10.1 Å². The molecule has 88 valence electrons. The first-order chi connectivity index (χ1) is 7.09. The van der Waals surface area contributed by atoms with Gasteiger partial charge in [-0.2, -0.15) is 0 Å². The highest BCUT2D eigenvalue weighted by atomic mass is 16.6. The van der Waals surface area contributed by atoms with E-state index >= 15 is 0 Å². The zero-order valence-electron chi connectivity index (χ0n) is 9.15. The molecule has 0 aliphatic carbocycles. The van der Waals surface area contributed by atoms with Gasteiger partial charge in [0.25, 0.3) is 0 Å². The fraction of sp³-hybridized carbons (Fsp3) is 0.900. The van der Waals surface area contributed by atoms with Gasteiger partial charge in [0.1, 0.15) is 0 Å². The molecule has 0 aromatic heterocycles. The Bertz CT molecular complexity index is 192. The van der Waals surface area contributed by atoms with Crippen LogP contribution in [0.3, 0.4) is 0 Å². The summed E-state index contributed by atoms with van der Waals surface area (Å²) in [6.07, 6.45) is 6.17. The van der Waals surface area contributed by atoms with Crippen molar-refractivity contribution in [1.82, 2.24) is 0 Å². The monoisotopic (exact) mass is 217 g/mol. The van der Waals surface area contributed by atoms with Crippen molar-refractivity contribution in [2.75, 3.05) is 0 Å². The molecule has 1 unspecified atom stereocenters. The average Bonchev–Trinajstić information content (AvgIpc) is 2.15. The number of hydrogen-bond donors (Lipinski definition) is 1. The summed E-state index contributed by atoms with van der Waals surface area (Å²) in [7, 11) is 0. The van der Waals surface area contributed by atoms with Crippen molar-refractivity contribution in [3.63, 3.8) is 0 Å². The molecular weight excluding hydrogens is 198 g/mol. The first-order valence-corrected chi connectivity index (χ1v) is 5.46. The van der Waals surface area contributed by atoms with Crippen LogP contribution in [0.15, 0.2) is 0 Å². The van der Waals surface area contributed by atoms with E-state index in [-0.39, 0.29) is 6.42 Å². The van der Waals surface area contributed by atoms with Crippen LogP contribution < -0.4 is 0 Å². The number of nitro groups is 1. The summed E-state index contributed by atoms with van der Waals surface area (Å²) in [5.74, 6) is -1.33. The lowest BCUT2D eigenvalue weighted by Crippen LogP contribution is -2.28. The van der Waals surface area contributed by atoms with E-state index in [1.54, 1.807) is 0 Å². The maximum absolute atomic E-state index is 10.5. The van der Waals surface area contributed by atoms with Crippen LogP contribution in [-0.4, -0.2) is 22.0 Å². The van der Waals surface area contributed by atoms with Crippen LogP contribution in [0.2, 0.25) is 0 Å². The Morgan fingerprint density at radius 1 is 1.27 bits per heavy atom. The minimum Gasteiger partial charge on any atom is -0.476 e. The summed E-state index contributed by atoms with van der Waals surface area (Å²) in [5, 5.41) is 18.9. The normalized spacial score (nSPS) is 12.3. The van der Waals surface area contributed by atoms with Gasteiger partial charge in [0.15, 0.2) is 0 Å². The molecule has 5 heteroatoms. The van der Waals surface area contributed by atoms with E-state index in [9.17, 15) is 14.9 Å². The lowest BCUT2D eigenvalue weighted by atomic mass is 10.1. The molecule has 0 rings (SSSR count). The minimum atomic E-state index is -1.42. The van der Waals surface area contributed by atoms with Crippen LogP contribution in [-0.2, 0) is 4.79 Å². The molecule has 0 saturated heterocycles. The van der Waals surface area contributed by atoms with E-state index in [4.69, 9.17) is 5.11 Å². The molecule has 0 aromatic carbocycles. The standard InChI is InChI=1S/C10H19NO4/c1-2-3-4-5-6-7-8-9(10(12)13)11(14)15/h9H,2-8H2,1H3,(H,12,13). The van der Waals surface area contributed by atoms with E-state index in [1.807, 2.05) is 0 Å². The summed E-state index contributed by atoms with van der Waals surface area (Å²) < 4.78 is 0. The highest BCUT2D eigenvalue weighted by Gasteiger charge is 2.27. The molecule has 0 aliphatic rings. The van der Waals surface area contributed by atoms with Crippen molar-refractivity contribution in [2.45, 2.75) is 57.9 Å². The minimum absolute atomic E-state index is 0.147. The van der Waals surface area contributed by atoms with E-state index in [2.05, 4.69) is 6.92 Å². The van der Waals surface area contributed by atoms with Gasteiger partial charge in [-0.3, -0.25) is 10.1 Å². The molecule has 0 spiro atoms. The molecule has 0 heterocycles. The van der Waals surface area contributed by atoms with Crippen molar-refractivity contribution < 1.29 is 14.8 Å². The summed E-state index contributed by atoms with van der Waals surface area (Å²) in [4.78, 5) is 20.1. The molecule has 0 aliphatic heterocycles. The molecule has 15 heavy (non-hydrogen) atoms. The highest BCUT2D eigenvalue weighted by molar-refractivity contribution is 5.71. The average molecular weight is 217 g/mol. The molecule has 0 bridgehead atoms. The van der Waals surface area contributed by atoms with Crippen LogP contribution in [0.1, 0.15) is 51.9 Å². The third-order valence-corrected chi connectivity index (χ3v) is 2.37. The van der Waals surface area contributed by atoms with Gasteiger partial charge in [0.2, 0.25) is 0 Å². The Labute approximate surface area is 89.6 Å². The highest BCUT2D eigenvalue weighted by Crippen LogP contribution is 2.10. The second-order valence-electron chi connectivity index (χ2n) is 3.70. The molecule has 1 N–H and O–H groups in total. The van der Waals surface area contributed by atoms with Gasteiger partial charge in [-0.25, -0.2) is 4.79 Å². The summed E-state index contributed by atoms with van der Waals surface area (Å²) in [6.45, 7) is 2.12. The number of carboxylic acids is 1. The zero-order valence-corrected chi connectivity index (χ0v) is 9.15. The Kier molecular flexibility index (Phi) is 7.58. The Balaban J connectivity index is 3.55. The van der Waals surface area contributed by atoms with Crippen LogP contribution in [0, 0.1) is 10.1 Å². The first kappa shape index (κ1) is 13.9. The van der Waals surface area contributed by atoms with Gasteiger partial charge in [-0.15, -0.1) is 0 Å². The maximum atomic E-state index is 10.5. The van der Waals surface area contributed by atoms with Crippen LogP contribution >= 0.6 is 0 Å². The largest absolute Gasteiger partial charge is 0.476 e. The van der Waals surface area contributed by atoms with Crippen molar-refractivity contribution in [2.24, 2.45) is 0 Å². The molecule has 0 aromatic rings. The molecule has 0 saturated carbocycles. The van der Waals surface area contributed by atoms with Crippen molar-refractivity contribution >= 4 is 5.97 Å². The number of hydrogen-bond acceptors (Lipinski definition) is 3. The van der Waals surface area contributed by atoms with Gasteiger partial charge in [-0.1, -0.05) is 39.0 Å². The quantitative estimate of drug-likeness (QED) is 0.365. The van der Waals surface area contributed by atoms with E-state index in [0.29, 0.717) is 6.42 Å². The first-order valence-electron chi connectivity index (χ1n) is 5.46. The van der Waals surface area contributed by atoms with E-state index in [0.717, 1.165) is 25.7 Å². The Morgan fingerprint density at radius 2 is 1.80 bits per heavy atom. The summed E-state index contributed by atoms with van der Waals surface area (Å²) >= 11 is 0. The number of carbonyl (C=O) groups is 1. The number of aliphatic carboxylic acids is 1. The fourth-order valence-corrected chi connectivity index (χ4v) is 1.44. The second-order valence-corrected chi connectivity index (χ2v) is 3.70. The van der Waals surface area contributed by atoms with Gasteiger partial charge < -0.3 is 5.11 Å². The van der Waals surface area contributed by atoms with Crippen LogP contribution in [0.5, 0.6) is 0 Å². The van der Waals surface area contributed by atoms with Gasteiger partial charge in [0, 0.05) is 11.3 Å². The van der Waals surface area contributed by atoms with E-state index in [1.165, 1.54) is 6.42 Å². The molecule has 1 atom stereocenters. The molecule has 5 nitrogen and oxygen atoms in total. The second kappa shape index (κ2) is 8.20. The Morgan fingerprint density at radius 3 is 2.27 bits per heavy atom. The molecule has 0 radical (unpaired) electrons. The molecular formula is C10H19NO4. The summed E-state index contributed by atoms with van der Waals surface area (Å²) in [6, 6.07) is -1.42. The number of carboxylic acid groups (broad SMARTS) is 1.